The van der Waals surface area contributed by atoms with Crippen molar-refractivity contribution in [3.8, 4) is 0 Å². The lowest BCUT2D eigenvalue weighted by Gasteiger charge is -2.64. The third-order valence-corrected chi connectivity index (χ3v) is 7.85. The van der Waals surface area contributed by atoms with E-state index < -0.39 is 0 Å². The Morgan fingerprint density at radius 1 is 1.05 bits per heavy atom. The van der Waals surface area contributed by atoms with Crippen LogP contribution in [0.4, 0.5) is 0 Å². The van der Waals surface area contributed by atoms with Gasteiger partial charge in [-0.05, 0) is 62.7 Å². The number of carbonyl (C=O) groups is 1. The molecule has 0 radical (unpaired) electrons. The molecule has 0 bridgehead atoms. The molecule has 5 unspecified atom stereocenters. The van der Waals surface area contributed by atoms with Crippen molar-refractivity contribution in [2.75, 3.05) is 0 Å². The summed E-state index contributed by atoms with van der Waals surface area (Å²) in [5, 5.41) is 0. The number of hydrogen-bond donors (Lipinski definition) is 0. The van der Waals surface area contributed by atoms with Crippen LogP contribution < -0.4 is 0 Å². The number of aldehydes is 1. The second-order valence-corrected chi connectivity index (χ2v) is 9.60. The van der Waals surface area contributed by atoms with E-state index >= 15 is 0 Å². The number of carbonyl (C=O) groups excluding carboxylic acids is 1. The molecule has 1 saturated heterocycles. The highest BCUT2D eigenvalue weighted by Gasteiger charge is 2.66. The number of fused-ring (bicyclic) bond motifs is 2. The van der Waals surface area contributed by atoms with Crippen LogP contribution in [0.25, 0.3) is 0 Å². The maximum Gasteiger partial charge on any atom is 0.122 e. The van der Waals surface area contributed by atoms with Gasteiger partial charge in [0.2, 0.25) is 0 Å². The van der Waals surface area contributed by atoms with Crippen molar-refractivity contribution in [1.82, 2.24) is 0 Å². The first-order valence-corrected chi connectivity index (χ1v) is 9.33. The molecule has 2 saturated carbocycles. The molecule has 2 heteroatoms. The van der Waals surface area contributed by atoms with Crippen LogP contribution in [0, 0.1) is 22.7 Å². The molecule has 1 aliphatic heterocycles. The van der Waals surface area contributed by atoms with Gasteiger partial charge in [0.25, 0.3) is 0 Å². The molecule has 126 valence electrons. The average molecular weight is 306 g/mol. The van der Waals surface area contributed by atoms with Crippen molar-refractivity contribution in [2.24, 2.45) is 22.7 Å². The summed E-state index contributed by atoms with van der Waals surface area (Å²) >= 11 is 0. The van der Waals surface area contributed by atoms with Gasteiger partial charge in [0.05, 0.1) is 11.2 Å². The van der Waals surface area contributed by atoms with Crippen LogP contribution in [0.1, 0.15) is 86.0 Å². The zero-order chi connectivity index (χ0) is 16.2. The predicted octanol–water partition coefficient (Wildman–Crippen LogP) is 5.15. The molecule has 3 rings (SSSR count). The minimum absolute atomic E-state index is 0.00856. The van der Waals surface area contributed by atoms with Crippen LogP contribution in [0.5, 0.6) is 0 Å². The lowest BCUT2D eigenvalue weighted by Crippen LogP contribution is -2.62. The van der Waals surface area contributed by atoms with Gasteiger partial charge in [-0.15, -0.1) is 0 Å². The standard InChI is InChI=1S/C20H34O2/c1-15-7-8-16-17(2,3)9-6-10-19(16,5)20(15)12-11-18(4,22-20)13-14-21/h14-16H,6-13H2,1-5H3. The third-order valence-electron chi connectivity index (χ3n) is 7.85. The Morgan fingerprint density at radius 3 is 2.45 bits per heavy atom. The fourth-order valence-corrected chi connectivity index (χ4v) is 6.61. The van der Waals surface area contributed by atoms with Crippen molar-refractivity contribution >= 4 is 6.29 Å². The molecule has 0 aromatic rings. The summed E-state index contributed by atoms with van der Waals surface area (Å²) in [7, 11) is 0. The molecule has 0 N–H and O–H groups in total. The van der Waals surface area contributed by atoms with Crippen LogP contribution >= 0.6 is 0 Å². The first-order valence-electron chi connectivity index (χ1n) is 9.33. The van der Waals surface area contributed by atoms with E-state index in [4.69, 9.17) is 4.74 Å². The van der Waals surface area contributed by atoms with E-state index in [-0.39, 0.29) is 16.6 Å². The van der Waals surface area contributed by atoms with Crippen molar-refractivity contribution in [2.45, 2.75) is 97.2 Å². The van der Waals surface area contributed by atoms with Gasteiger partial charge in [-0.2, -0.15) is 0 Å². The second-order valence-electron chi connectivity index (χ2n) is 9.60. The Bertz CT molecular complexity index is 457. The third kappa shape index (κ3) is 2.12. The van der Waals surface area contributed by atoms with E-state index in [2.05, 4.69) is 34.6 Å². The molecule has 2 aliphatic carbocycles. The number of rotatable bonds is 2. The Kier molecular flexibility index (Phi) is 3.79. The van der Waals surface area contributed by atoms with Crippen LogP contribution in [0.15, 0.2) is 0 Å². The van der Waals surface area contributed by atoms with Gasteiger partial charge in [-0.3, -0.25) is 0 Å². The highest BCUT2D eigenvalue weighted by atomic mass is 16.5. The molecule has 1 spiro atoms. The van der Waals surface area contributed by atoms with Gasteiger partial charge >= 0.3 is 0 Å². The zero-order valence-corrected chi connectivity index (χ0v) is 15.2. The highest BCUT2D eigenvalue weighted by Crippen LogP contribution is 2.67. The molecule has 22 heavy (non-hydrogen) atoms. The summed E-state index contributed by atoms with van der Waals surface area (Å²) < 4.78 is 6.86. The first kappa shape index (κ1) is 16.5. The van der Waals surface area contributed by atoms with Crippen LogP contribution in [0.2, 0.25) is 0 Å². The Hall–Kier alpha value is -0.370. The van der Waals surface area contributed by atoms with Gasteiger partial charge in [-0.1, -0.05) is 34.1 Å². The summed E-state index contributed by atoms with van der Waals surface area (Å²) in [6.07, 6.45) is 10.4. The predicted molar refractivity (Wildman–Crippen MR) is 89.8 cm³/mol. The van der Waals surface area contributed by atoms with Crippen LogP contribution in [-0.2, 0) is 9.53 Å². The summed E-state index contributed by atoms with van der Waals surface area (Å²) in [4.78, 5) is 11.1. The largest absolute Gasteiger partial charge is 0.368 e. The van der Waals surface area contributed by atoms with E-state index in [1.807, 2.05) is 0 Å². The van der Waals surface area contributed by atoms with E-state index in [9.17, 15) is 4.79 Å². The smallest absolute Gasteiger partial charge is 0.122 e. The minimum atomic E-state index is -0.234. The zero-order valence-electron chi connectivity index (χ0n) is 15.2. The summed E-state index contributed by atoms with van der Waals surface area (Å²) in [6, 6.07) is 0. The molecule has 0 aromatic heterocycles. The quantitative estimate of drug-likeness (QED) is 0.660. The second kappa shape index (κ2) is 5.06. The topological polar surface area (TPSA) is 26.3 Å². The lowest BCUT2D eigenvalue weighted by molar-refractivity contribution is -0.244. The molecule has 0 aromatic carbocycles. The first-order chi connectivity index (χ1) is 10.2. The SMILES string of the molecule is CC1CCC2C(C)(C)CCCC2(C)C12CCC(C)(CC=O)O2. The molecular weight excluding hydrogens is 272 g/mol. The van der Waals surface area contributed by atoms with Gasteiger partial charge in [0, 0.05) is 11.8 Å². The number of ether oxygens (including phenoxy) is 1. The number of hydrogen-bond acceptors (Lipinski definition) is 2. The minimum Gasteiger partial charge on any atom is -0.368 e. The summed E-state index contributed by atoms with van der Waals surface area (Å²) in [5.41, 5.74) is 0.452. The van der Waals surface area contributed by atoms with Gasteiger partial charge < -0.3 is 9.53 Å². The normalized spacial score (nSPS) is 50.8. The summed E-state index contributed by atoms with van der Waals surface area (Å²) in [6.45, 7) is 12.0. The van der Waals surface area contributed by atoms with Crippen molar-refractivity contribution in [1.29, 1.82) is 0 Å². The maximum absolute atomic E-state index is 11.1. The Balaban J connectivity index is 2.00. The van der Waals surface area contributed by atoms with Gasteiger partial charge in [0.1, 0.15) is 6.29 Å². The Labute approximate surface area is 136 Å². The Morgan fingerprint density at radius 2 is 1.77 bits per heavy atom. The molecular formula is C20H34O2. The van der Waals surface area contributed by atoms with Gasteiger partial charge in [0.15, 0.2) is 0 Å². The van der Waals surface area contributed by atoms with Crippen molar-refractivity contribution in [3.63, 3.8) is 0 Å². The molecule has 3 aliphatic rings. The fourth-order valence-electron chi connectivity index (χ4n) is 6.61. The van der Waals surface area contributed by atoms with E-state index in [0.717, 1.165) is 25.0 Å². The van der Waals surface area contributed by atoms with Crippen LogP contribution in [0.3, 0.4) is 0 Å². The molecule has 2 nitrogen and oxygen atoms in total. The monoisotopic (exact) mass is 306 g/mol. The van der Waals surface area contributed by atoms with E-state index in [0.29, 0.717) is 17.8 Å². The average Bonchev–Trinajstić information content (AvgIpc) is 2.76. The highest BCUT2D eigenvalue weighted by molar-refractivity contribution is 5.51. The molecule has 5 atom stereocenters. The maximum atomic E-state index is 11.1. The molecule has 1 heterocycles. The molecule has 3 fully saturated rings. The van der Waals surface area contributed by atoms with Gasteiger partial charge in [-0.25, -0.2) is 0 Å². The van der Waals surface area contributed by atoms with Crippen molar-refractivity contribution < 1.29 is 9.53 Å². The molecule has 0 amide bonds. The fraction of sp³-hybridized carbons (Fsp3) is 0.950. The van der Waals surface area contributed by atoms with E-state index in [1.54, 1.807) is 0 Å². The lowest BCUT2D eigenvalue weighted by atomic mass is 9.44. The van der Waals surface area contributed by atoms with E-state index in [1.165, 1.54) is 32.1 Å². The van der Waals surface area contributed by atoms with Crippen LogP contribution in [-0.4, -0.2) is 17.5 Å². The summed E-state index contributed by atoms with van der Waals surface area (Å²) in [5.74, 6) is 1.36. The van der Waals surface area contributed by atoms with Crippen molar-refractivity contribution in [3.05, 3.63) is 0 Å².